The highest BCUT2D eigenvalue weighted by molar-refractivity contribution is 7.89. The maximum atomic E-state index is 12.6. The summed E-state index contributed by atoms with van der Waals surface area (Å²) in [4.78, 5) is 6.78. The van der Waals surface area contributed by atoms with Gasteiger partial charge in [-0.05, 0) is 43.0 Å². The molecular weight excluding hydrogens is 366 g/mol. The normalized spacial score (nSPS) is 15.6. The molecule has 0 aliphatic carbocycles. The maximum absolute atomic E-state index is 12.6. The van der Waals surface area contributed by atoms with Crippen LogP contribution in [0.5, 0.6) is 11.5 Å². The van der Waals surface area contributed by atoms with E-state index in [0.717, 1.165) is 31.7 Å². The van der Waals surface area contributed by atoms with Gasteiger partial charge in [-0.15, -0.1) is 0 Å². The van der Waals surface area contributed by atoms with Crippen LogP contribution >= 0.6 is 0 Å². The average Bonchev–Trinajstić information content (AvgIpc) is 2.72. The fraction of sp³-hybridized carbons (Fsp3) is 0.421. The van der Waals surface area contributed by atoms with E-state index in [0.29, 0.717) is 24.0 Å². The zero-order valence-corrected chi connectivity index (χ0v) is 16.4. The first kappa shape index (κ1) is 19.4. The molecule has 2 aromatic rings. The van der Waals surface area contributed by atoms with Gasteiger partial charge in [0.05, 0.1) is 19.1 Å². The van der Waals surface area contributed by atoms with E-state index in [2.05, 4.69) is 14.6 Å². The molecule has 1 fully saturated rings. The first-order valence-corrected chi connectivity index (χ1v) is 10.4. The fourth-order valence-corrected chi connectivity index (χ4v) is 4.33. The summed E-state index contributed by atoms with van der Waals surface area (Å²) in [5.41, 5.74) is 0. The zero-order valence-electron chi connectivity index (χ0n) is 15.6. The van der Waals surface area contributed by atoms with Crippen molar-refractivity contribution >= 4 is 15.8 Å². The van der Waals surface area contributed by atoms with Gasteiger partial charge in [-0.1, -0.05) is 6.07 Å². The summed E-state index contributed by atoms with van der Waals surface area (Å²) in [6, 6.07) is 10.5. The van der Waals surface area contributed by atoms with Gasteiger partial charge in [0.15, 0.2) is 11.5 Å². The van der Waals surface area contributed by atoms with E-state index >= 15 is 0 Å². The van der Waals surface area contributed by atoms with Crippen molar-refractivity contribution in [1.82, 2.24) is 9.71 Å². The van der Waals surface area contributed by atoms with Crippen LogP contribution < -0.4 is 19.1 Å². The van der Waals surface area contributed by atoms with Gasteiger partial charge in [0.25, 0.3) is 0 Å². The summed E-state index contributed by atoms with van der Waals surface area (Å²) in [6.45, 7) is 2.17. The van der Waals surface area contributed by atoms with E-state index in [-0.39, 0.29) is 4.90 Å². The monoisotopic (exact) mass is 391 g/mol. The summed E-state index contributed by atoms with van der Waals surface area (Å²) in [6.07, 6.45) is 3.63. The second-order valence-electron chi connectivity index (χ2n) is 6.49. The van der Waals surface area contributed by atoms with Crippen LogP contribution in [0.2, 0.25) is 0 Å². The Morgan fingerprint density at radius 2 is 1.85 bits per heavy atom. The van der Waals surface area contributed by atoms with Gasteiger partial charge < -0.3 is 14.4 Å². The van der Waals surface area contributed by atoms with Crippen LogP contribution in [-0.4, -0.2) is 47.3 Å². The number of methoxy groups -OCH3 is 2. The zero-order chi connectivity index (χ0) is 19.3. The molecule has 7 nitrogen and oxygen atoms in total. The van der Waals surface area contributed by atoms with Gasteiger partial charge >= 0.3 is 0 Å². The largest absolute Gasteiger partial charge is 0.493 e. The van der Waals surface area contributed by atoms with Crippen molar-refractivity contribution in [2.24, 2.45) is 5.92 Å². The highest BCUT2D eigenvalue weighted by Crippen LogP contribution is 2.29. The number of piperidine rings is 1. The van der Waals surface area contributed by atoms with Crippen molar-refractivity contribution in [2.45, 2.75) is 17.7 Å². The SMILES string of the molecule is COc1ccc(S(=O)(=O)NCC2CCN(c3ccccn3)CC2)cc1OC. The summed E-state index contributed by atoms with van der Waals surface area (Å²) < 4.78 is 38.3. The molecule has 8 heteroatoms. The Hall–Kier alpha value is -2.32. The predicted octanol–water partition coefficient (Wildman–Crippen LogP) is 2.29. The number of anilines is 1. The number of ether oxygens (including phenoxy) is 2. The van der Waals surface area contributed by atoms with Crippen molar-refractivity contribution in [3.63, 3.8) is 0 Å². The van der Waals surface area contributed by atoms with E-state index in [1.165, 1.54) is 26.4 Å². The lowest BCUT2D eigenvalue weighted by molar-refractivity contribution is 0.353. The first-order valence-electron chi connectivity index (χ1n) is 8.91. The molecule has 0 unspecified atom stereocenters. The quantitative estimate of drug-likeness (QED) is 0.780. The summed E-state index contributed by atoms with van der Waals surface area (Å²) >= 11 is 0. The third-order valence-corrected chi connectivity index (χ3v) is 6.24. The standard InChI is InChI=1S/C19H25N3O4S/c1-25-17-7-6-16(13-18(17)26-2)27(23,24)21-14-15-8-11-22(12-9-15)19-5-3-4-10-20-19/h3-7,10,13,15,21H,8-9,11-12,14H2,1-2H3. The van der Waals surface area contributed by atoms with Crippen LogP contribution in [0, 0.1) is 5.92 Å². The van der Waals surface area contributed by atoms with Crippen molar-refractivity contribution in [2.75, 3.05) is 38.8 Å². The van der Waals surface area contributed by atoms with E-state index in [1.807, 2.05) is 18.2 Å². The van der Waals surface area contributed by atoms with Crippen molar-refractivity contribution in [1.29, 1.82) is 0 Å². The van der Waals surface area contributed by atoms with Crippen LogP contribution in [0.3, 0.4) is 0 Å². The molecule has 0 spiro atoms. The lowest BCUT2D eigenvalue weighted by Gasteiger charge is -2.32. The smallest absolute Gasteiger partial charge is 0.240 e. The fourth-order valence-electron chi connectivity index (χ4n) is 3.20. The molecule has 1 aliphatic heterocycles. The van der Waals surface area contributed by atoms with Crippen LogP contribution in [0.4, 0.5) is 5.82 Å². The molecule has 1 aliphatic rings. The number of rotatable bonds is 7. The van der Waals surface area contributed by atoms with E-state index in [1.54, 1.807) is 12.3 Å². The third kappa shape index (κ3) is 4.70. The Kier molecular flexibility index (Phi) is 6.18. The second-order valence-corrected chi connectivity index (χ2v) is 8.25. The van der Waals surface area contributed by atoms with Crippen LogP contribution in [0.15, 0.2) is 47.5 Å². The molecule has 27 heavy (non-hydrogen) atoms. The Balaban J connectivity index is 1.57. The maximum Gasteiger partial charge on any atom is 0.240 e. The molecule has 1 aromatic heterocycles. The number of sulfonamides is 1. The molecule has 3 rings (SSSR count). The first-order chi connectivity index (χ1) is 13.0. The van der Waals surface area contributed by atoms with Crippen LogP contribution in [0.1, 0.15) is 12.8 Å². The molecule has 1 saturated heterocycles. The molecule has 0 bridgehead atoms. The lowest BCUT2D eigenvalue weighted by Crippen LogP contribution is -2.39. The average molecular weight is 391 g/mol. The van der Waals surface area contributed by atoms with Crippen molar-refractivity contribution in [3.05, 3.63) is 42.6 Å². The Morgan fingerprint density at radius 1 is 1.11 bits per heavy atom. The van der Waals surface area contributed by atoms with Gasteiger partial charge in [-0.2, -0.15) is 0 Å². The van der Waals surface area contributed by atoms with Crippen LogP contribution in [0.25, 0.3) is 0 Å². The number of nitrogens with one attached hydrogen (secondary N) is 1. The van der Waals surface area contributed by atoms with E-state index in [4.69, 9.17) is 9.47 Å². The molecule has 1 aromatic carbocycles. The minimum absolute atomic E-state index is 0.172. The van der Waals surface area contributed by atoms with Gasteiger partial charge in [-0.25, -0.2) is 18.1 Å². The van der Waals surface area contributed by atoms with Gasteiger partial charge in [0.1, 0.15) is 5.82 Å². The Labute approximate surface area is 160 Å². The molecule has 0 radical (unpaired) electrons. The second kappa shape index (κ2) is 8.58. The van der Waals surface area contributed by atoms with Crippen LogP contribution in [-0.2, 0) is 10.0 Å². The number of hydrogen-bond acceptors (Lipinski definition) is 6. The molecule has 0 atom stereocenters. The lowest BCUT2D eigenvalue weighted by atomic mass is 9.97. The molecule has 2 heterocycles. The minimum Gasteiger partial charge on any atom is -0.493 e. The topological polar surface area (TPSA) is 80.8 Å². The summed E-state index contributed by atoms with van der Waals surface area (Å²) in [5, 5.41) is 0. The summed E-state index contributed by atoms with van der Waals surface area (Å²) in [7, 11) is -0.596. The van der Waals surface area contributed by atoms with E-state index < -0.39 is 10.0 Å². The molecular formula is C19H25N3O4S. The highest BCUT2D eigenvalue weighted by Gasteiger charge is 2.23. The Bertz CT molecular complexity index is 851. The number of nitrogens with zero attached hydrogens (tertiary/aromatic N) is 2. The van der Waals surface area contributed by atoms with Crippen molar-refractivity contribution < 1.29 is 17.9 Å². The number of hydrogen-bond donors (Lipinski definition) is 1. The number of pyridine rings is 1. The molecule has 0 amide bonds. The predicted molar refractivity (Wildman–Crippen MR) is 104 cm³/mol. The Morgan fingerprint density at radius 3 is 2.48 bits per heavy atom. The van der Waals surface area contributed by atoms with Gasteiger partial charge in [-0.3, -0.25) is 0 Å². The van der Waals surface area contributed by atoms with Gasteiger partial charge in [0.2, 0.25) is 10.0 Å². The van der Waals surface area contributed by atoms with E-state index in [9.17, 15) is 8.42 Å². The minimum atomic E-state index is -3.59. The number of benzene rings is 1. The molecule has 146 valence electrons. The highest BCUT2D eigenvalue weighted by atomic mass is 32.2. The molecule has 1 N–H and O–H groups in total. The van der Waals surface area contributed by atoms with Crippen molar-refractivity contribution in [3.8, 4) is 11.5 Å². The van der Waals surface area contributed by atoms with Gasteiger partial charge in [0, 0.05) is 31.9 Å². The molecule has 0 saturated carbocycles. The number of aromatic nitrogens is 1. The summed E-state index contributed by atoms with van der Waals surface area (Å²) in [5.74, 6) is 2.17. The third-order valence-electron chi connectivity index (χ3n) is 4.82.